The molecule has 9 heteroatoms. The Morgan fingerprint density at radius 3 is 2.65 bits per heavy atom. The largest absolute Gasteiger partial charge is 0.338 e. The Kier molecular flexibility index (Phi) is 5.89. The summed E-state index contributed by atoms with van der Waals surface area (Å²) in [5, 5.41) is 8.74. The van der Waals surface area contributed by atoms with Crippen molar-refractivity contribution in [2.45, 2.75) is 50.0 Å². The van der Waals surface area contributed by atoms with Gasteiger partial charge in [-0.15, -0.1) is 10.2 Å². The Bertz CT molecular complexity index is 1320. The maximum absolute atomic E-state index is 13.4. The van der Waals surface area contributed by atoms with Gasteiger partial charge in [-0.3, -0.25) is 9.10 Å². The molecule has 1 atom stereocenters. The highest BCUT2D eigenvalue weighted by Crippen LogP contribution is 2.30. The topological polar surface area (TPSA) is 88.4 Å². The molecule has 0 N–H and O–H groups in total. The van der Waals surface area contributed by atoms with Crippen LogP contribution < -0.4 is 4.31 Å². The van der Waals surface area contributed by atoms with E-state index in [2.05, 4.69) is 14.8 Å². The summed E-state index contributed by atoms with van der Waals surface area (Å²) in [6, 6.07) is 13.6. The molecular weight excluding hydrogens is 450 g/mol. The number of anilines is 1. The third kappa shape index (κ3) is 4.09. The monoisotopic (exact) mass is 479 g/mol. The minimum Gasteiger partial charge on any atom is -0.338 e. The average molecular weight is 480 g/mol. The van der Waals surface area contributed by atoms with Crippen LogP contribution in [0.4, 0.5) is 5.69 Å². The summed E-state index contributed by atoms with van der Waals surface area (Å²) < 4.78 is 30.0. The lowest BCUT2D eigenvalue weighted by Gasteiger charge is -2.32. The molecular formula is C25H29N5O3S. The fraction of sp³-hybridized carbons (Fsp3) is 0.400. The van der Waals surface area contributed by atoms with E-state index >= 15 is 0 Å². The Labute approximate surface area is 200 Å². The summed E-state index contributed by atoms with van der Waals surface area (Å²) in [5.41, 5.74) is 2.01. The van der Waals surface area contributed by atoms with Gasteiger partial charge in [0.2, 0.25) is 0 Å². The van der Waals surface area contributed by atoms with Crippen molar-refractivity contribution in [2.75, 3.05) is 24.4 Å². The molecule has 1 aromatic heterocycles. The van der Waals surface area contributed by atoms with Crippen LogP contribution in [0.5, 0.6) is 0 Å². The molecule has 3 heterocycles. The molecule has 1 saturated heterocycles. The zero-order valence-electron chi connectivity index (χ0n) is 19.5. The molecule has 3 aromatic rings. The molecule has 5 rings (SSSR count). The van der Waals surface area contributed by atoms with Crippen molar-refractivity contribution in [3.8, 4) is 0 Å². The maximum atomic E-state index is 13.4. The first-order chi connectivity index (χ1) is 16.3. The van der Waals surface area contributed by atoms with E-state index in [4.69, 9.17) is 0 Å². The predicted octanol–water partition coefficient (Wildman–Crippen LogP) is 3.38. The number of likely N-dealkylation sites (tertiary alicyclic amines) is 1. The van der Waals surface area contributed by atoms with Crippen LogP contribution in [-0.4, -0.2) is 54.1 Å². The van der Waals surface area contributed by atoms with Gasteiger partial charge in [0.05, 0.1) is 10.6 Å². The van der Waals surface area contributed by atoms with Gasteiger partial charge < -0.3 is 9.47 Å². The van der Waals surface area contributed by atoms with Crippen molar-refractivity contribution in [2.24, 2.45) is 0 Å². The van der Waals surface area contributed by atoms with Gasteiger partial charge in [0, 0.05) is 44.6 Å². The van der Waals surface area contributed by atoms with Crippen LogP contribution in [0, 0.1) is 6.92 Å². The summed E-state index contributed by atoms with van der Waals surface area (Å²) in [6.45, 7) is 4.11. The van der Waals surface area contributed by atoms with Crippen molar-refractivity contribution in [1.29, 1.82) is 0 Å². The minimum absolute atomic E-state index is 0.102. The van der Waals surface area contributed by atoms with E-state index in [1.165, 1.54) is 23.5 Å². The quantitative estimate of drug-likeness (QED) is 0.560. The van der Waals surface area contributed by atoms with Crippen molar-refractivity contribution in [3.63, 3.8) is 0 Å². The van der Waals surface area contributed by atoms with E-state index in [0.29, 0.717) is 24.3 Å². The minimum atomic E-state index is -3.80. The van der Waals surface area contributed by atoms with Gasteiger partial charge in [-0.2, -0.15) is 0 Å². The molecule has 2 aliphatic rings. The van der Waals surface area contributed by atoms with Crippen LogP contribution in [0.25, 0.3) is 0 Å². The van der Waals surface area contributed by atoms with Crippen LogP contribution >= 0.6 is 0 Å². The zero-order valence-corrected chi connectivity index (χ0v) is 20.3. The van der Waals surface area contributed by atoms with Gasteiger partial charge in [0.1, 0.15) is 11.6 Å². The first kappa shape index (κ1) is 22.6. The third-order valence-electron chi connectivity index (χ3n) is 6.85. The normalized spacial score (nSPS) is 18.1. The molecule has 2 aliphatic heterocycles. The summed E-state index contributed by atoms with van der Waals surface area (Å²) in [7, 11) is -2.28. The highest BCUT2D eigenvalue weighted by atomic mass is 32.2. The lowest BCUT2D eigenvalue weighted by atomic mass is 9.96. The first-order valence-corrected chi connectivity index (χ1v) is 13.2. The second-order valence-electron chi connectivity index (χ2n) is 9.16. The maximum Gasteiger partial charge on any atom is 0.264 e. The SMILES string of the molecule is Cc1ccc(N(C)S(=O)(=O)c2cccc(C(=O)N3CCCC(c4nnc5n4CCC5)C3)c2)cc1. The number of carbonyl (C=O) groups excluding carboxylic acids is 1. The fourth-order valence-electron chi connectivity index (χ4n) is 4.87. The smallest absolute Gasteiger partial charge is 0.264 e. The van der Waals surface area contributed by atoms with Gasteiger partial charge in [-0.05, 0) is 56.5 Å². The van der Waals surface area contributed by atoms with Gasteiger partial charge in [0.15, 0.2) is 0 Å². The number of nitrogens with zero attached hydrogens (tertiary/aromatic N) is 5. The number of carbonyl (C=O) groups is 1. The number of piperidine rings is 1. The highest BCUT2D eigenvalue weighted by molar-refractivity contribution is 7.92. The molecule has 0 radical (unpaired) electrons. The molecule has 0 saturated carbocycles. The van der Waals surface area contributed by atoms with Crippen LogP contribution in [0.2, 0.25) is 0 Å². The van der Waals surface area contributed by atoms with Crippen molar-refractivity contribution >= 4 is 21.6 Å². The number of aryl methyl sites for hydroxylation is 2. The number of amides is 1. The summed E-state index contributed by atoms with van der Waals surface area (Å²) in [5.74, 6) is 2.01. The summed E-state index contributed by atoms with van der Waals surface area (Å²) >= 11 is 0. The molecule has 2 aromatic carbocycles. The third-order valence-corrected chi connectivity index (χ3v) is 8.63. The number of benzene rings is 2. The van der Waals surface area contributed by atoms with Gasteiger partial charge in [0.25, 0.3) is 15.9 Å². The van der Waals surface area contributed by atoms with Crippen LogP contribution in [0.1, 0.15) is 52.8 Å². The molecule has 8 nitrogen and oxygen atoms in total. The van der Waals surface area contributed by atoms with E-state index in [1.807, 2.05) is 24.0 Å². The van der Waals surface area contributed by atoms with Crippen LogP contribution in [-0.2, 0) is 23.0 Å². The van der Waals surface area contributed by atoms with E-state index in [9.17, 15) is 13.2 Å². The summed E-state index contributed by atoms with van der Waals surface area (Å²) in [4.78, 5) is 15.3. The molecule has 1 fully saturated rings. The lowest BCUT2D eigenvalue weighted by molar-refractivity contribution is 0.0703. The number of hydrogen-bond acceptors (Lipinski definition) is 5. The van der Waals surface area contributed by atoms with Crippen molar-refractivity contribution in [3.05, 3.63) is 71.3 Å². The van der Waals surface area contributed by atoms with E-state index in [0.717, 1.165) is 49.4 Å². The molecule has 0 spiro atoms. The molecule has 0 bridgehead atoms. The van der Waals surface area contributed by atoms with Gasteiger partial charge in [-0.25, -0.2) is 8.42 Å². The molecule has 0 aliphatic carbocycles. The van der Waals surface area contributed by atoms with E-state index < -0.39 is 10.0 Å². The number of sulfonamides is 1. The molecule has 34 heavy (non-hydrogen) atoms. The Balaban J connectivity index is 1.36. The fourth-order valence-corrected chi connectivity index (χ4v) is 6.11. The number of rotatable bonds is 5. The molecule has 1 unspecified atom stereocenters. The Hall–Kier alpha value is -3.20. The first-order valence-electron chi connectivity index (χ1n) is 11.7. The number of fused-ring (bicyclic) bond motifs is 1. The Morgan fingerprint density at radius 2 is 1.85 bits per heavy atom. The highest BCUT2D eigenvalue weighted by Gasteiger charge is 2.31. The average Bonchev–Trinajstić information content (AvgIpc) is 3.48. The summed E-state index contributed by atoms with van der Waals surface area (Å²) in [6.07, 6.45) is 3.90. The Morgan fingerprint density at radius 1 is 1.06 bits per heavy atom. The number of hydrogen-bond donors (Lipinski definition) is 0. The zero-order chi connectivity index (χ0) is 23.9. The van der Waals surface area contributed by atoms with Crippen molar-refractivity contribution < 1.29 is 13.2 Å². The van der Waals surface area contributed by atoms with E-state index in [1.54, 1.807) is 24.3 Å². The van der Waals surface area contributed by atoms with Crippen LogP contribution in [0.3, 0.4) is 0 Å². The number of aromatic nitrogens is 3. The standard InChI is InChI=1S/C25H29N5O3S/c1-18-10-12-21(13-11-18)28(2)34(32,33)22-8-3-6-19(16-22)25(31)29-14-4-7-20(17-29)24-27-26-23-9-5-15-30(23)24/h3,6,8,10-13,16,20H,4-5,7,9,14-15,17H2,1-2H3. The second kappa shape index (κ2) is 8.87. The van der Waals surface area contributed by atoms with Gasteiger partial charge in [-0.1, -0.05) is 23.8 Å². The van der Waals surface area contributed by atoms with Gasteiger partial charge >= 0.3 is 0 Å². The lowest BCUT2D eigenvalue weighted by Crippen LogP contribution is -2.40. The van der Waals surface area contributed by atoms with Crippen molar-refractivity contribution in [1.82, 2.24) is 19.7 Å². The molecule has 178 valence electrons. The predicted molar refractivity (Wildman–Crippen MR) is 129 cm³/mol. The van der Waals surface area contributed by atoms with E-state index in [-0.39, 0.29) is 16.7 Å². The second-order valence-corrected chi connectivity index (χ2v) is 11.1. The molecule has 1 amide bonds. The van der Waals surface area contributed by atoms with Crippen LogP contribution in [0.15, 0.2) is 53.4 Å².